The van der Waals surface area contributed by atoms with Gasteiger partial charge in [0, 0.05) is 6.61 Å². The summed E-state index contributed by atoms with van der Waals surface area (Å²) in [4.78, 5) is 0. The Balaban J connectivity index is 1.69. The summed E-state index contributed by atoms with van der Waals surface area (Å²) in [5.74, 6) is 1.54. The van der Waals surface area contributed by atoms with Crippen molar-refractivity contribution in [1.82, 2.24) is 0 Å². The van der Waals surface area contributed by atoms with E-state index < -0.39 is 0 Å². The van der Waals surface area contributed by atoms with Crippen molar-refractivity contribution in [1.29, 1.82) is 0 Å². The van der Waals surface area contributed by atoms with Crippen LogP contribution in [0.3, 0.4) is 0 Å². The molecule has 0 spiro atoms. The van der Waals surface area contributed by atoms with Gasteiger partial charge < -0.3 is 5.11 Å². The van der Waals surface area contributed by atoms with E-state index in [4.69, 9.17) is 5.11 Å². The topological polar surface area (TPSA) is 20.2 Å². The first-order valence-electron chi connectivity index (χ1n) is 5.40. The van der Waals surface area contributed by atoms with Gasteiger partial charge in [-0.1, -0.05) is 30.2 Å². The van der Waals surface area contributed by atoms with Crippen molar-refractivity contribution in [2.75, 3.05) is 6.61 Å². The molecule has 0 aromatic carbocycles. The van der Waals surface area contributed by atoms with Gasteiger partial charge >= 0.3 is 0 Å². The van der Waals surface area contributed by atoms with E-state index in [9.17, 15) is 0 Å². The Morgan fingerprint density at radius 1 is 1.23 bits per heavy atom. The number of hydrogen-bond acceptors (Lipinski definition) is 1. The third kappa shape index (κ3) is 2.02. The summed E-state index contributed by atoms with van der Waals surface area (Å²) >= 11 is 0. The fraction of sp³-hybridized carbons (Fsp3) is 0.667. The smallest absolute Gasteiger partial charge is 0.0431 e. The zero-order valence-corrected chi connectivity index (χ0v) is 8.08. The molecule has 2 aliphatic carbocycles. The molecule has 0 heterocycles. The highest BCUT2D eigenvalue weighted by Crippen LogP contribution is 2.40. The van der Waals surface area contributed by atoms with Crippen LogP contribution in [0.1, 0.15) is 32.1 Å². The van der Waals surface area contributed by atoms with Crippen LogP contribution >= 0.6 is 0 Å². The molecule has 2 bridgehead atoms. The molecular formula is C12H18O. The van der Waals surface area contributed by atoms with Gasteiger partial charge in [0.2, 0.25) is 0 Å². The largest absolute Gasteiger partial charge is 0.396 e. The van der Waals surface area contributed by atoms with Crippen LogP contribution in [-0.2, 0) is 0 Å². The zero-order valence-electron chi connectivity index (χ0n) is 8.08. The van der Waals surface area contributed by atoms with Gasteiger partial charge in [-0.3, -0.25) is 0 Å². The van der Waals surface area contributed by atoms with Crippen LogP contribution in [-0.4, -0.2) is 11.7 Å². The van der Waals surface area contributed by atoms with E-state index in [0.717, 1.165) is 18.3 Å². The molecule has 2 atom stereocenters. The Morgan fingerprint density at radius 3 is 2.77 bits per heavy atom. The van der Waals surface area contributed by atoms with Crippen LogP contribution in [0.5, 0.6) is 0 Å². The molecule has 1 heteroatoms. The van der Waals surface area contributed by atoms with Crippen molar-refractivity contribution < 1.29 is 5.11 Å². The Bertz CT molecular complexity index is 227. The highest BCUT2D eigenvalue weighted by Gasteiger charge is 2.26. The maximum absolute atomic E-state index is 8.64. The molecule has 0 saturated carbocycles. The van der Waals surface area contributed by atoms with Gasteiger partial charge in [-0.05, 0) is 37.5 Å². The van der Waals surface area contributed by atoms with Crippen LogP contribution in [0.4, 0.5) is 0 Å². The van der Waals surface area contributed by atoms with Crippen LogP contribution in [0, 0.1) is 11.8 Å². The molecule has 1 nitrogen and oxygen atoms in total. The lowest BCUT2D eigenvalue weighted by Gasteiger charge is -2.08. The predicted molar refractivity (Wildman–Crippen MR) is 54.4 cm³/mol. The van der Waals surface area contributed by atoms with Crippen molar-refractivity contribution >= 4 is 0 Å². The number of hydrogen-bond donors (Lipinski definition) is 1. The highest BCUT2D eigenvalue weighted by atomic mass is 16.2. The summed E-state index contributed by atoms with van der Waals surface area (Å²) in [5, 5.41) is 8.64. The molecule has 0 fully saturated rings. The van der Waals surface area contributed by atoms with E-state index in [1.54, 1.807) is 5.57 Å². The second-order valence-electron chi connectivity index (χ2n) is 4.17. The predicted octanol–water partition coefficient (Wildman–Crippen LogP) is 2.67. The van der Waals surface area contributed by atoms with Gasteiger partial charge in [0.25, 0.3) is 0 Å². The van der Waals surface area contributed by atoms with Crippen LogP contribution in [0.25, 0.3) is 0 Å². The van der Waals surface area contributed by atoms with E-state index >= 15 is 0 Å². The van der Waals surface area contributed by atoms with Gasteiger partial charge in [0.1, 0.15) is 0 Å². The molecule has 0 radical (unpaired) electrons. The molecule has 1 N–H and O–H groups in total. The molecule has 0 amide bonds. The van der Waals surface area contributed by atoms with Crippen LogP contribution in [0.2, 0.25) is 0 Å². The Morgan fingerprint density at radius 2 is 2.15 bits per heavy atom. The van der Waals surface area contributed by atoms with E-state index in [1.807, 2.05) is 0 Å². The maximum Gasteiger partial charge on any atom is 0.0431 e. The van der Waals surface area contributed by atoms with Gasteiger partial charge in [-0.2, -0.15) is 0 Å². The molecule has 2 rings (SSSR count). The molecule has 2 aliphatic rings. The molecule has 0 saturated heterocycles. The number of unbranched alkanes of at least 4 members (excludes halogenated alkanes) is 2. The first kappa shape index (κ1) is 9.01. The summed E-state index contributed by atoms with van der Waals surface area (Å²) in [6, 6.07) is 0. The van der Waals surface area contributed by atoms with Crippen molar-refractivity contribution in [3.8, 4) is 0 Å². The van der Waals surface area contributed by atoms with Gasteiger partial charge in [-0.25, -0.2) is 0 Å². The SMILES string of the molecule is OCCCCCC1=CC2C=CC1C2. The monoisotopic (exact) mass is 178 g/mol. The quantitative estimate of drug-likeness (QED) is 0.507. The van der Waals surface area contributed by atoms with Crippen molar-refractivity contribution in [2.24, 2.45) is 11.8 Å². The summed E-state index contributed by atoms with van der Waals surface area (Å²) in [7, 11) is 0. The van der Waals surface area contributed by atoms with Gasteiger partial charge in [-0.15, -0.1) is 0 Å². The average Bonchev–Trinajstić information content (AvgIpc) is 2.73. The number of rotatable bonds is 5. The van der Waals surface area contributed by atoms with E-state index in [2.05, 4.69) is 18.2 Å². The minimum atomic E-state index is 0.352. The standard InChI is InChI=1S/C12H18O/c13-7-3-1-2-4-11-8-10-5-6-12(11)9-10/h5-6,8,10,12-13H,1-4,7,9H2. The van der Waals surface area contributed by atoms with Crippen molar-refractivity contribution in [3.05, 3.63) is 23.8 Å². The number of allylic oxidation sites excluding steroid dienone is 4. The molecule has 72 valence electrons. The van der Waals surface area contributed by atoms with E-state index in [1.165, 1.54) is 25.7 Å². The van der Waals surface area contributed by atoms with Crippen molar-refractivity contribution in [2.45, 2.75) is 32.1 Å². The van der Waals surface area contributed by atoms with Gasteiger partial charge in [0.15, 0.2) is 0 Å². The fourth-order valence-electron chi connectivity index (χ4n) is 2.41. The highest BCUT2D eigenvalue weighted by molar-refractivity contribution is 5.29. The Kier molecular flexibility index (Phi) is 2.84. The minimum absolute atomic E-state index is 0.352. The first-order chi connectivity index (χ1) is 6.40. The second kappa shape index (κ2) is 4.10. The summed E-state index contributed by atoms with van der Waals surface area (Å²) in [6.07, 6.45) is 13.1. The first-order valence-corrected chi connectivity index (χ1v) is 5.40. The molecule has 0 aromatic rings. The average molecular weight is 178 g/mol. The minimum Gasteiger partial charge on any atom is -0.396 e. The summed E-state index contributed by atoms with van der Waals surface area (Å²) in [6.45, 7) is 0.352. The molecule has 0 aromatic heterocycles. The lowest BCUT2D eigenvalue weighted by atomic mass is 9.97. The lowest BCUT2D eigenvalue weighted by Crippen LogP contribution is -1.94. The zero-order chi connectivity index (χ0) is 9.10. The molecular weight excluding hydrogens is 160 g/mol. The number of fused-ring (bicyclic) bond motifs is 2. The van der Waals surface area contributed by atoms with Crippen molar-refractivity contribution in [3.63, 3.8) is 0 Å². The van der Waals surface area contributed by atoms with E-state index in [-0.39, 0.29) is 0 Å². The molecule has 13 heavy (non-hydrogen) atoms. The van der Waals surface area contributed by atoms with Crippen LogP contribution < -0.4 is 0 Å². The maximum atomic E-state index is 8.64. The third-order valence-corrected chi connectivity index (χ3v) is 3.14. The Hall–Kier alpha value is -0.560. The third-order valence-electron chi connectivity index (χ3n) is 3.14. The second-order valence-corrected chi connectivity index (χ2v) is 4.17. The fourth-order valence-corrected chi connectivity index (χ4v) is 2.41. The number of aliphatic hydroxyl groups excluding tert-OH is 1. The Labute approximate surface area is 80.2 Å². The lowest BCUT2D eigenvalue weighted by molar-refractivity contribution is 0.283. The molecule has 2 unspecified atom stereocenters. The normalized spacial score (nSPS) is 29.8. The summed E-state index contributed by atoms with van der Waals surface area (Å²) < 4.78 is 0. The number of aliphatic hydroxyl groups is 1. The van der Waals surface area contributed by atoms with Gasteiger partial charge in [0.05, 0.1) is 0 Å². The van der Waals surface area contributed by atoms with Crippen LogP contribution in [0.15, 0.2) is 23.8 Å². The molecule has 0 aliphatic heterocycles. The summed E-state index contributed by atoms with van der Waals surface area (Å²) in [5.41, 5.74) is 1.66. The van der Waals surface area contributed by atoms with E-state index in [0.29, 0.717) is 6.61 Å².